The minimum Gasteiger partial charge on any atom is -0.326 e. The number of anilines is 2. The van der Waals surface area contributed by atoms with Crippen molar-refractivity contribution in [1.82, 2.24) is 9.78 Å². The van der Waals surface area contributed by atoms with Crippen LogP contribution in [0.4, 0.5) is 11.4 Å². The first-order valence-electron chi connectivity index (χ1n) is 8.69. The van der Waals surface area contributed by atoms with Gasteiger partial charge in [-0.2, -0.15) is 5.10 Å². The average molecular weight is 340 g/mol. The SMILES string of the molecule is CC(=O)Nc1ccc(C)c(C(=O)Nc2cnn(C3CCCC3)c2C)c1. The topological polar surface area (TPSA) is 76.0 Å². The Morgan fingerprint density at radius 2 is 1.88 bits per heavy atom. The van der Waals surface area contributed by atoms with Gasteiger partial charge in [-0.15, -0.1) is 0 Å². The van der Waals surface area contributed by atoms with Crippen LogP contribution in [0.3, 0.4) is 0 Å². The molecule has 2 N–H and O–H groups in total. The van der Waals surface area contributed by atoms with Crippen LogP contribution in [-0.4, -0.2) is 21.6 Å². The second kappa shape index (κ2) is 7.09. The first-order chi connectivity index (χ1) is 12.0. The van der Waals surface area contributed by atoms with E-state index in [9.17, 15) is 9.59 Å². The van der Waals surface area contributed by atoms with Gasteiger partial charge in [0.05, 0.1) is 23.6 Å². The van der Waals surface area contributed by atoms with Gasteiger partial charge in [-0.3, -0.25) is 14.3 Å². The summed E-state index contributed by atoms with van der Waals surface area (Å²) in [5.41, 5.74) is 3.73. The predicted octanol–water partition coefficient (Wildman–Crippen LogP) is 3.83. The summed E-state index contributed by atoms with van der Waals surface area (Å²) in [6, 6.07) is 5.75. The van der Waals surface area contributed by atoms with E-state index < -0.39 is 0 Å². The van der Waals surface area contributed by atoms with Gasteiger partial charge in [-0.05, 0) is 44.4 Å². The number of rotatable bonds is 4. The zero-order chi connectivity index (χ0) is 18.0. The summed E-state index contributed by atoms with van der Waals surface area (Å²) in [5.74, 6) is -0.359. The lowest BCUT2D eigenvalue weighted by Gasteiger charge is -2.13. The number of carbonyl (C=O) groups excluding carboxylic acids is 2. The smallest absolute Gasteiger partial charge is 0.256 e. The van der Waals surface area contributed by atoms with Crippen LogP contribution in [0.25, 0.3) is 0 Å². The lowest BCUT2D eigenvalue weighted by molar-refractivity contribution is -0.114. The monoisotopic (exact) mass is 340 g/mol. The Bertz CT molecular complexity index is 804. The standard InChI is InChI=1S/C19H24N4O2/c1-12-8-9-15(21-14(3)24)10-17(12)19(25)22-18-11-20-23(13(18)2)16-6-4-5-7-16/h8-11,16H,4-7H2,1-3H3,(H,21,24)(H,22,25). The number of nitrogens with zero attached hydrogens (tertiary/aromatic N) is 2. The molecule has 2 aromatic rings. The predicted molar refractivity (Wildman–Crippen MR) is 97.9 cm³/mol. The minimum atomic E-state index is -0.196. The molecule has 1 aliphatic carbocycles. The Balaban J connectivity index is 1.79. The Labute approximate surface area is 147 Å². The lowest BCUT2D eigenvalue weighted by atomic mass is 10.1. The molecule has 0 radical (unpaired) electrons. The molecule has 2 amide bonds. The number of nitrogens with one attached hydrogen (secondary N) is 2. The van der Waals surface area contributed by atoms with Crippen molar-refractivity contribution in [1.29, 1.82) is 0 Å². The molecule has 1 aliphatic rings. The van der Waals surface area contributed by atoms with Gasteiger partial charge in [0.1, 0.15) is 0 Å². The van der Waals surface area contributed by atoms with E-state index >= 15 is 0 Å². The van der Waals surface area contributed by atoms with Crippen molar-refractivity contribution < 1.29 is 9.59 Å². The third kappa shape index (κ3) is 3.73. The first kappa shape index (κ1) is 17.2. The second-order valence-corrected chi connectivity index (χ2v) is 6.69. The third-order valence-corrected chi connectivity index (χ3v) is 4.77. The van der Waals surface area contributed by atoms with Crippen molar-refractivity contribution in [3.63, 3.8) is 0 Å². The Hall–Kier alpha value is -2.63. The fourth-order valence-electron chi connectivity index (χ4n) is 3.40. The molecule has 1 heterocycles. The van der Waals surface area contributed by atoms with E-state index in [2.05, 4.69) is 15.7 Å². The highest BCUT2D eigenvalue weighted by Gasteiger charge is 2.21. The van der Waals surface area contributed by atoms with Gasteiger partial charge in [-0.25, -0.2) is 0 Å². The summed E-state index contributed by atoms with van der Waals surface area (Å²) in [6.07, 6.45) is 6.49. The van der Waals surface area contributed by atoms with Crippen molar-refractivity contribution in [3.05, 3.63) is 41.2 Å². The highest BCUT2D eigenvalue weighted by Crippen LogP contribution is 2.31. The summed E-state index contributed by atoms with van der Waals surface area (Å²) in [7, 11) is 0. The van der Waals surface area contributed by atoms with E-state index in [1.807, 2.05) is 24.6 Å². The van der Waals surface area contributed by atoms with E-state index in [-0.39, 0.29) is 11.8 Å². The van der Waals surface area contributed by atoms with Crippen molar-refractivity contribution >= 4 is 23.2 Å². The third-order valence-electron chi connectivity index (χ3n) is 4.77. The van der Waals surface area contributed by atoms with Crippen molar-refractivity contribution in [2.24, 2.45) is 0 Å². The second-order valence-electron chi connectivity index (χ2n) is 6.69. The summed E-state index contributed by atoms with van der Waals surface area (Å²) in [5, 5.41) is 10.1. The van der Waals surface area contributed by atoms with E-state index in [1.165, 1.54) is 19.8 Å². The van der Waals surface area contributed by atoms with Gasteiger partial charge in [-0.1, -0.05) is 18.9 Å². The number of amides is 2. The van der Waals surface area contributed by atoms with E-state index in [0.29, 0.717) is 17.3 Å². The molecule has 0 saturated heterocycles. The molecule has 0 atom stereocenters. The van der Waals surface area contributed by atoms with Crippen LogP contribution >= 0.6 is 0 Å². The molecule has 132 valence electrons. The van der Waals surface area contributed by atoms with Crippen LogP contribution in [0.15, 0.2) is 24.4 Å². The minimum absolute atomic E-state index is 0.163. The molecule has 1 aromatic carbocycles. The summed E-state index contributed by atoms with van der Waals surface area (Å²) in [6.45, 7) is 5.31. The molecule has 0 spiro atoms. The number of carbonyl (C=O) groups is 2. The average Bonchev–Trinajstić information content (AvgIpc) is 3.19. The zero-order valence-corrected chi connectivity index (χ0v) is 14.9. The van der Waals surface area contributed by atoms with E-state index in [1.54, 1.807) is 18.3 Å². The fourth-order valence-corrected chi connectivity index (χ4v) is 3.40. The molecule has 0 aliphatic heterocycles. The molecule has 0 unspecified atom stereocenters. The van der Waals surface area contributed by atoms with Crippen LogP contribution in [-0.2, 0) is 4.79 Å². The highest BCUT2D eigenvalue weighted by molar-refractivity contribution is 6.06. The molecule has 6 nitrogen and oxygen atoms in total. The number of hydrogen-bond donors (Lipinski definition) is 2. The van der Waals surface area contributed by atoms with Crippen molar-refractivity contribution in [3.8, 4) is 0 Å². The quantitative estimate of drug-likeness (QED) is 0.888. The maximum absolute atomic E-state index is 12.7. The van der Waals surface area contributed by atoms with Crippen molar-refractivity contribution in [2.75, 3.05) is 10.6 Å². The summed E-state index contributed by atoms with van der Waals surface area (Å²) >= 11 is 0. The van der Waals surface area contributed by atoms with E-state index in [0.717, 1.165) is 29.8 Å². The molecule has 1 saturated carbocycles. The largest absolute Gasteiger partial charge is 0.326 e. The van der Waals surface area contributed by atoms with Crippen LogP contribution in [0.1, 0.15) is 60.3 Å². The van der Waals surface area contributed by atoms with Gasteiger partial charge in [0.25, 0.3) is 5.91 Å². The van der Waals surface area contributed by atoms with Crippen LogP contribution in [0.2, 0.25) is 0 Å². The molecule has 25 heavy (non-hydrogen) atoms. The van der Waals surface area contributed by atoms with E-state index in [4.69, 9.17) is 0 Å². The molecule has 1 aromatic heterocycles. The van der Waals surface area contributed by atoms with Gasteiger partial charge in [0, 0.05) is 18.2 Å². The Kier molecular flexibility index (Phi) is 4.88. The van der Waals surface area contributed by atoms with Crippen LogP contribution in [0, 0.1) is 13.8 Å². The Morgan fingerprint density at radius 3 is 2.56 bits per heavy atom. The lowest BCUT2D eigenvalue weighted by Crippen LogP contribution is -2.15. The molecule has 0 bridgehead atoms. The first-order valence-corrected chi connectivity index (χ1v) is 8.69. The van der Waals surface area contributed by atoms with Gasteiger partial charge < -0.3 is 10.6 Å². The number of hydrogen-bond acceptors (Lipinski definition) is 3. The van der Waals surface area contributed by atoms with Crippen LogP contribution in [0.5, 0.6) is 0 Å². The Morgan fingerprint density at radius 1 is 1.16 bits per heavy atom. The van der Waals surface area contributed by atoms with Gasteiger partial charge in [0.2, 0.25) is 5.91 Å². The van der Waals surface area contributed by atoms with Gasteiger partial charge in [0.15, 0.2) is 0 Å². The zero-order valence-electron chi connectivity index (χ0n) is 14.9. The highest BCUT2D eigenvalue weighted by atomic mass is 16.2. The molecule has 1 fully saturated rings. The molecular formula is C19H24N4O2. The maximum atomic E-state index is 12.7. The van der Waals surface area contributed by atoms with Crippen LogP contribution < -0.4 is 10.6 Å². The summed E-state index contributed by atoms with van der Waals surface area (Å²) < 4.78 is 2.03. The number of benzene rings is 1. The normalized spacial score (nSPS) is 14.5. The number of aryl methyl sites for hydroxylation is 1. The number of aromatic nitrogens is 2. The maximum Gasteiger partial charge on any atom is 0.256 e. The molecule has 6 heteroatoms. The fraction of sp³-hybridized carbons (Fsp3) is 0.421. The van der Waals surface area contributed by atoms with Gasteiger partial charge >= 0.3 is 0 Å². The summed E-state index contributed by atoms with van der Waals surface area (Å²) in [4.78, 5) is 23.9. The molecule has 3 rings (SSSR count). The molecular weight excluding hydrogens is 316 g/mol. The van der Waals surface area contributed by atoms with Crippen molar-refractivity contribution in [2.45, 2.75) is 52.5 Å².